The third-order valence-corrected chi connectivity index (χ3v) is 2.62. The van der Waals surface area contributed by atoms with Gasteiger partial charge in [0.1, 0.15) is 0 Å². The van der Waals surface area contributed by atoms with Gasteiger partial charge in [-0.05, 0) is 25.5 Å². The van der Waals surface area contributed by atoms with E-state index in [0.717, 1.165) is 11.4 Å². The molecule has 72 valence electrons. The van der Waals surface area contributed by atoms with Crippen molar-refractivity contribution < 1.29 is 0 Å². The Bertz CT molecular complexity index is 462. The van der Waals surface area contributed by atoms with Gasteiger partial charge in [0.2, 0.25) is 0 Å². The van der Waals surface area contributed by atoms with Crippen molar-refractivity contribution in [3.63, 3.8) is 0 Å². The van der Waals surface area contributed by atoms with Gasteiger partial charge in [-0.1, -0.05) is 17.7 Å². The predicted molar refractivity (Wildman–Crippen MR) is 59.2 cm³/mol. The first-order chi connectivity index (χ1) is 6.66. The Morgan fingerprint density at radius 2 is 2.07 bits per heavy atom. The number of aryl methyl sites for hydroxylation is 2. The molecule has 4 heteroatoms. The van der Waals surface area contributed by atoms with E-state index in [1.165, 1.54) is 22.7 Å². The average molecular weight is 205 g/mol. The summed E-state index contributed by atoms with van der Waals surface area (Å²) < 4.78 is 4.19. The van der Waals surface area contributed by atoms with E-state index in [1.807, 2.05) is 6.92 Å². The maximum atomic E-state index is 5.55. The summed E-state index contributed by atoms with van der Waals surface area (Å²) in [4.78, 5) is 4.17. The molecule has 3 nitrogen and oxygen atoms in total. The summed E-state index contributed by atoms with van der Waals surface area (Å²) in [5.41, 5.74) is 9.00. The lowest BCUT2D eigenvalue weighted by Gasteiger charge is -2.01. The summed E-state index contributed by atoms with van der Waals surface area (Å²) in [6, 6.07) is 6.23. The van der Waals surface area contributed by atoms with Gasteiger partial charge in [-0.15, -0.1) is 0 Å². The van der Waals surface area contributed by atoms with Crippen LogP contribution in [0.1, 0.15) is 11.1 Å². The van der Waals surface area contributed by atoms with Crippen LogP contribution in [0.25, 0.3) is 11.4 Å². The molecule has 0 unspecified atom stereocenters. The van der Waals surface area contributed by atoms with Gasteiger partial charge in [-0.3, -0.25) is 0 Å². The number of nitrogens with zero attached hydrogens (tertiary/aromatic N) is 2. The van der Waals surface area contributed by atoms with Gasteiger partial charge in [-0.25, -0.2) is 0 Å². The standard InChI is InChI=1S/C10H11N3S/c1-6-3-4-7(2)8(5-6)9-12-10(11)14-13-9/h3-5H,1-2H3,(H2,11,12,13). The fourth-order valence-corrected chi connectivity index (χ4v) is 1.77. The quantitative estimate of drug-likeness (QED) is 0.777. The summed E-state index contributed by atoms with van der Waals surface area (Å²) in [5, 5.41) is 0.515. The van der Waals surface area contributed by atoms with E-state index in [2.05, 4.69) is 34.5 Å². The minimum atomic E-state index is 0.515. The van der Waals surface area contributed by atoms with E-state index in [-0.39, 0.29) is 0 Å². The lowest BCUT2D eigenvalue weighted by atomic mass is 10.1. The van der Waals surface area contributed by atoms with Crippen molar-refractivity contribution in [1.29, 1.82) is 0 Å². The van der Waals surface area contributed by atoms with Crippen molar-refractivity contribution in [1.82, 2.24) is 9.36 Å². The number of benzene rings is 1. The van der Waals surface area contributed by atoms with Crippen LogP contribution in [0.4, 0.5) is 5.13 Å². The van der Waals surface area contributed by atoms with Gasteiger partial charge in [0.15, 0.2) is 11.0 Å². The monoisotopic (exact) mass is 205 g/mol. The highest BCUT2D eigenvalue weighted by Crippen LogP contribution is 2.23. The van der Waals surface area contributed by atoms with Crippen LogP contribution in [-0.2, 0) is 0 Å². The molecule has 2 N–H and O–H groups in total. The second-order valence-electron chi connectivity index (χ2n) is 3.27. The van der Waals surface area contributed by atoms with E-state index in [9.17, 15) is 0 Å². The van der Waals surface area contributed by atoms with Crippen molar-refractivity contribution in [2.45, 2.75) is 13.8 Å². The molecule has 0 amide bonds. The maximum absolute atomic E-state index is 5.55. The molecule has 0 spiro atoms. The Balaban J connectivity index is 2.55. The van der Waals surface area contributed by atoms with Gasteiger partial charge >= 0.3 is 0 Å². The molecule has 2 aromatic rings. The number of rotatable bonds is 1. The molecule has 1 aromatic carbocycles. The smallest absolute Gasteiger partial charge is 0.200 e. The SMILES string of the molecule is Cc1ccc(C)c(-c2nsc(N)n2)c1. The molecule has 0 aliphatic rings. The molecular formula is C10H11N3S. The summed E-state index contributed by atoms with van der Waals surface area (Å²) >= 11 is 1.23. The number of hydrogen-bond donors (Lipinski definition) is 1. The molecule has 0 radical (unpaired) electrons. The fourth-order valence-electron chi connectivity index (χ4n) is 1.32. The van der Waals surface area contributed by atoms with Crippen LogP contribution in [0.5, 0.6) is 0 Å². The van der Waals surface area contributed by atoms with E-state index in [0.29, 0.717) is 5.13 Å². The molecule has 0 aliphatic carbocycles. The number of anilines is 1. The maximum Gasteiger partial charge on any atom is 0.200 e. The van der Waals surface area contributed by atoms with Gasteiger partial charge in [0.25, 0.3) is 0 Å². The first-order valence-corrected chi connectivity index (χ1v) is 5.11. The normalized spacial score (nSPS) is 10.4. The molecule has 0 saturated carbocycles. The van der Waals surface area contributed by atoms with E-state index >= 15 is 0 Å². The van der Waals surface area contributed by atoms with Crippen LogP contribution in [0.3, 0.4) is 0 Å². The minimum absolute atomic E-state index is 0.515. The number of aromatic nitrogens is 2. The molecule has 0 fully saturated rings. The summed E-state index contributed by atoms with van der Waals surface area (Å²) in [6.45, 7) is 4.10. The van der Waals surface area contributed by atoms with Gasteiger partial charge < -0.3 is 5.73 Å². The highest BCUT2D eigenvalue weighted by Gasteiger charge is 2.07. The molecule has 0 aliphatic heterocycles. The van der Waals surface area contributed by atoms with Crippen molar-refractivity contribution in [2.75, 3.05) is 5.73 Å². The fraction of sp³-hybridized carbons (Fsp3) is 0.200. The Kier molecular flexibility index (Phi) is 2.21. The third-order valence-electron chi connectivity index (χ3n) is 2.08. The Labute approximate surface area is 86.8 Å². The molecule has 1 aromatic heterocycles. The van der Waals surface area contributed by atoms with E-state index in [1.54, 1.807) is 0 Å². The summed E-state index contributed by atoms with van der Waals surface area (Å²) in [6.07, 6.45) is 0. The van der Waals surface area contributed by atoms with E-state index in [4.69, 9.17) is 5.73 Å². The zero-order valence-electron chi connectivity index (χ0n) is 8.11. The molecular weight excluding hydrogens is 194 g/mol. The van der Waals surface area contributed by atoms with Gasteiger partial charge in [0, 0.05) is 17.1 Å². The summed E-state index contributed by atoms with van der Waals surface area (Å²) in [5.74, 6) is 0.730. The van der Waals surface area contributed by atoms with Crippen molar-refractivity contribution >= 4 is 16.7 Å². The van der Waals surface area contributed by atoms with Crippen LogP contribution in [0, 0.1) is 13.8 Å². The second-order valence-corrected chi connectivity index (χ2v) is 4.06. The second kappa shape index (κ2) is 3.38. The number of hydrogen-bond acceptors (Lipinski definition) is 4. The number of nitrogen functional groups attached to an aromatic ring is 1. The molecule has 14 heavy (non-hydrogen) atoms. The Morgan fingerprint density at radius 1 is 1.29 bits per heavy atom. The Morgan fingerprint density at radius 3 is 2.71 bits per heavy atom. The largest absolute Gasteiger partial charge is 0.374 e. The highest BCUT2D eigenvalue weighted by molar-refractivity contribution is 7.09. The lowest BCUT2D eigenvalue weighted by Crippen LogP contribution is -1.88. The lowest BCUT2D eigenvalue weighted by molar-refractivity contribution is 1.29. The zero-order valence-corrected chi connectivity index (χ0v) is 8.93. The van der Waals surface area contributed by atoms with Crippen LogP contribution >= 0.6 is 11.5 Å². The van der Waals surface area contributed by atoms with Gasteiger partial charge in [-0.2, -0.15) is 9.36 Å². The van der Waals surface area contributed by atoms with Crippen LogP contribution in [-0.4, -0.2) is 9.36 Å². The van der Waals surface area contributed by atoms with Crippen LogP contribution in [0.15, 0.2) is 18.2 Å². The van der Waals surface area contributed by atoms with Crippen LogP contribution in [0.2, 0.25) is 0 Å². The van der Waals surface area contributed by atoms with Crippen molar-refractivity contribution in [2.24, 2.45) is 0 Å². The highest BCUT2D eigenvalue weighted by atomic mass is 32.1. The predicted octanol–water partition coefficient (Wildman–Crippen LogP) is 2.40. The molecule has 1 heterocycles. The van der Waals surface area contributed by atoms with Crippen molar-refractivity contribution in [3.05, 3.63) is 29.3 Å². The topological polar surface area (TPSA) is 51.8 Å². The third kappa shape index (κ3) is 1.61. The van der Waals surface area contributed by atoms with E-state index < -0.39 is 0 Å². The van der Waals surface area contributed by atoms with Gasteiger partial charge in [0.05, 0.1) is 0 Å². The molecule has 0 atom stereocenters. The minimum Gasteiger partial charge on any atom is -0.374 e. The summed E-state index contributed by atoms with van der Waals surface area (Å²) in [7, 11) is 0. The Hall–Kier alpha value is -1.42. The number of nitrogens with two attached hydrogens (primary N) is 1. The molecule has 0 bridgehead atoms. The first kappa shape index (κ1) is 9.15. The average Bonchev–Trinajstić information content (AvgIpc) is 2.56. The molecule has 0 saturated heterocycles. The van der Waals surface area contributed by atoms with Crippen LogP contribution < -0.4 is 5.73 Å². The molecule has 2 rings (SSSR count). The van der Waals surface area contributed by atoms with Crippen molar-refractivity contribution in [3.8, 4) is 11.4 Å². The zero-order chi connectivity index (χ0) is 10.1. The first-order valence-electron chi connectivity index (χ1n) is 4.33.